The number of nitrogens with zero attached hydrogens (tertiary/aromatic N) is 6. The van der Waals surface area contributed by atoms with Crippen LogP contribution in [-0.2, 0) is 14.8 Å². The average molecular weight is 556 g/mol. The zero-order chi connectivity index (χ0) is 27.6. The lowest BCUT2D eigenvalue weighted by Crippen LogP contribution is -2.48. The van der Waals surface area contributed by atoms with Gasteiger partial charge in [0, 0.05) is 75.2 Å². The highest BCUT2D eigenvalue weighted by Gasteiger charge is 2.31. The second-order valence-electron chi connectivity index (χ2n) is 10.4. The van der Waals surface area contributed by atoms with Crippen molar-refractivity contribution in [2.24, 2.45) is 0 Å². The quantitative estimate of drug-likeness (QED) is 0.433. The molecule has 0 spiro atoms. The van der Waals surface area contributed by atoms with E-state index >= 15 is 0 Å². The number of amides is 1. The van der Waals surface area contributed by atoms with Crippen LogP contribution in [0.3, 0.4) is 0 Å². The molecule has 2 aromatic heterocycles. The van der Waals surface area contributed by atoms with Crippen LogP contribution in [0.25, 0.3) is 16.7 Å². The number of benzene rings is 1. The third-order valence-corrected chi connectivity index (χ3v) is 9.18. The van der Waals surface area contributed by atoms with Gasteiger partial charge in [0.05, 0.1) is 18.4 Å². The van der Waals surface area contributed by atoms with Crippen LogP contribution in [0.15, 0.2) is 42.7 Å². The molecule has 1 aliphatic heterocycles. The molecule has 1 aromatic carbocycles. The van der Waals surface area contributed by atoms with Crippen LogP contribution in [0.4, 0.5) is 11.6 Å². The zero-order valence-electron chi connectivity index (χ0n) is 22.5. The smallest absolute Gasteiger partial charge is 0.224 e. The van der Waals surface area contributed by atoms with Gasteiger partial charge in [0.2, 0.25) is 21.9 Å². The minimum absolute atomic E-state index is 0.0941. The summed E-state index contributed by atoms with van der Waals surface area (Å²) >= 11 is 0. The molecular formula is C27H37N7O4S. The van der Waals surface area contributed by atoms with Crippen LogP contribution in [0.5, 0.6) is 0 Å². The van der Waals surface area contributed by atoms with E-state index in [1.54, 1.807) is 13.1 Å². The lowest BCUT2D eigenvalue weighted by atomic mass is 9.91. The van der Waals surface area contributed by atoms with Gasteiger partial charge in [0.1, 0.15) is 5.82 Å². The van der Waals surface area contributed by atoms with E-state index in [1.165, 1.54) is 10.6 Å². The minimum atomic E-state index is -3.36. The van der Waals surface area contributed by atoms with Gasteiger partial charge in [-0.3, -0.25) is 4.79 Å². The molecule has 12 heteroatoms. The van der Waals surface area contributed by atoms with E-state index in [-0.39, 0.29) is 31.1 Å². The Morgan fingerprint density at radius 2 is 1.85 bits per heavy atom. The number of fused-ring (bicyclic) bond motifs is 1. The van der Waals surface area contributed by atoms with Crippen molar-refractivity contribution >= 4 is 38.5 Å². The number of rotatable bonds is 8. The predicted molar refractivity (Wildman–Crippen MR) is 152 cm³/mol. The Morgan fingerprint density at radius 1 is 1.10 bits per heavy atom. The maximum atomic E-state index is 12.1. The Labute approximate surface area is 229 Å². The van der Waals surface area contributed by atoms with E-state index in [4.69, 9.17) is 4.98 Å². The summed E-state index contributed by atoms with van der Waals surface area (Å²) in [6.45, 7) is 4.63. The molecule has 0 bridgehead atoms. The lowest BCUT2D eigenvalue weighted by molar-refractivity contribution is -0.129. The van der Waals surface area contributed by atoms with Crippen molar-refractivity contribution in [3.05, 3.63) is 42.7 Å². The third-order valence-electron chi connectivity index (χ3n) is 7.85. The number of carbonyl (C=O) groups excluding carboxylic acids is 1. The summed E-state index contributed by atoms with van der Waals surface area (Å²) in [5, 5.41) is 13.9. The Balaban J connectivity index is 1.28. The molecular weight excluding hydrogens is 518 g/mol. The molecule has 210 valence electrons. The van der Waals surface area contributed by atoms with Gasteiger partial charge in [0.25, 0.3) is 0 Å². The van der Waals surface area contributed by atoms with E-state index in [0.29, 0.717) is 5.95 Å². The standard InChI is InChI=1S/C27H37N7O4S/c1-20(36)31-14-16-32(17-15-31)24-4-3-5-25-23(24)11-13-33(25)26-10-12-28-27(30-26)29-21-6-8-22(9-7-21)34(18-19-35)39(2,37)38/h3-5,10-13,21-22,35H,6-9,14-19H2,1-2H3,(H,28,29,30). The number of aliphatic hydroxyl groups is 1. The fraction of sp³-hybridized carbons (Fsp3) is 0.519. The number of aromatic nitrogens is 3. The summed E-state index contributed by atoms with van der Waals surface area (Å²) in [4.78, 5) is 25.2. The zero-order valence-corrected chi connectivity index (χ0v) is 23.3. The summed E-state index contributed by atoms with van der Waals surface area (Å²) in [6.07, 6.45) is 8.00. The number of piperazine rings is 1. The topological polar surface area (TPSA) is 124 Å². The predicted octanol–water partition coefficient (Wildman–Crippen LogP) is 2.07. The molecule has 0 radical (unpaired) electrons. The van der Waals surface area contributed by atoms with Crippen molar-refractivity contribution in [3.63, 3.8) is 0 Å². The van der Waals surface area contributed by atoms with Crippen molar-refractivity contribution in [1.82, 2.24) is 23.7 Å². The van der Waals surface area contributed by atoms with Crippen LogP contribution in [0.2, 0.25) is 0 Å². The first-order valence-electron chi connectivity index (χ1n) is 13.5. The number of aliphatic hydroxyl groups excluding tert-OH is 1. The highest BCUT2D eigenvalue weighted by atomic mass is 32.2. The summed E-state index contributed by atoms with van der Waals surface area (Å²) in [5.41, 5.74) is 2.21. The molecule has 1 aliphatic carbocycles. The largest absolute Gasteiger partial charge is 0.395 e. The summed E-state index contributed by atoms with van der Waals surface area (Å²) in [6, 6.07) is 10.3. The molecule has 3 aromatic rings. The molecule has 2 aliphatic rings. The van der Waals surface area contributed by atoms with Gasteiger partial charge in [-0.2, -0.15) is 9.29 Å². The molecule has 3 heterocycles. The molecule has 1 saturated carbocycles. The van der Waals surface area contributed by atoms with Crippen molar-refractivity contribution in [1.29, 1.82) is 0 Å². The first-order chi connectivity index (χ1) is 18.7. The van der Waals surface area contributed by atoms with Crippen LogP contribution >= 0.6 is 0 Å². The van der Waals surface area contributed by atoms with Crippen molar-refractivity contribution in [2.75, 3.05) is 55.8 Å². The fourth-order valence-corrected chi connectivity index (χ4v) is 7.02. The first kappa shape index (κ1) is 27.4. The molecule has 0 unspecified atom stereocenters. The Kier molecular flexibility index (Phi) is 8.06. The highest BCUT2D eigenvalue weighted by Crippen LogP contribution is 2.31. The van der Waals surface area contributed by atoms with Gasteiger partial charge in [-0.25, -0.2) is 13.4 Å². The van der Waals surface area contributed by atoms with Crippen LogP contribution in [-0.4, -0.2) is 101 Å². The maximum absolute atomic E-state index is 12.1. The number of anilines is 2. The van der Waals surface area contributed by atoms with E-state index < -0.39 is 10.0 Å². The van der Waals surface area contributed by atoms with Gasteiger partial charge >= 0.3 is 0 Å². The Hall–Kier alpha value is -3.22. The van der Waals surface area contributed by atoms with E-state index in [0.717, 1.165) is 74.3 Å². The van der Waals surface area contributed by atoms with Crippen LogP contribution in [0, 0.1) is 0 Å². The maximum Gasteiger partial charge on any atom is 0.224 e. The second-order valence-corrected chi connectivity index (χ2v) is 12.3. The highest BCUT2D eigenvalue weighted by molar-refractivity contribution is 7.88. The summed E-state index contributed by atoms with van der Waals surface area (Å²) in [7, 11) is -3.36. The molecule has 39 heavy (non-hydrogen) atoms. The van der Waals surface area contributed by atoms with Gasteiger partial charge in [-0.1, -0.05) is 6.07 Å². The molecule has 0 atom stereocenters. The number of hydrogen-bond acceptors (Lipinski definition) is 8. The van der Waals surface area contributed by atoms with Gasteiger partial charge in [-0.05, 0) is 49.9 Å². The monoisotopic (exact) mass is 555 g/mol. The number of carbonyl (C=O) groups is 1. The molecule has 1 amide bonds. The van der Waals surface area contributed by atoms with E-state index in [1.807, 2.05) is 17.2 Å². The summed E-state index contributed by atoms with van der Waals surface area (Å²) in [5.74, 6) is 1.43. The Morgan fingerprint density at radius 3 is 2.51 bits per heavy atom. The Bertz CT molecular complexity index is 1410. The lowest BCUT2D eigenvalue weighted by Gasteiger charge is -2.36. The molecule has 5 rings (SSSR count). The number of sulfonamides is 1. The number of nitrogens with one attached hydrogen (secondary N) is 1. The van der Waals surface area contributed by atoms with Crippen LogP contribution in [0.1, 0.15) is 32.6 Å². The number of hydrogen-bond donors (Lipinski definition) is 2. The second kappa shape index (κ2) is 11.5. The minimum Gasteiger partial charge on any atom is -0.395 e. The van der Waals surface area contributed by atoms with E-state index in [2.05, 4.69) is 44.0 Å². The summed E-state index contributed by atoms with van der Waals surface area (Å²) < 4.78 is 27.8. The molecule has 2 N–H and O–H groups in total. The van der Waals surface area contributed by atoms with Crippen LogP contribution < -0.4 is 10.2 Å². The first-order valence-corrected chi connectivity index (χ1v) is 15.4. The third kappa shape index (κ3) is 6.02. The van der Waals surface area contributed by atoms with Crippen molar-refractivity contribution in [2.45, 2.75) is 44.7 Å². The van der Waals surface area contributed by atoms with Gasteiger partial charge in [-0.15, -0.1) is 0 Å². The molecule has 2 fully saturated rings. The average Bonchev–Trinajstić information content (AvgIpc) is 3.36. The molecule has 1 saturated heterocycles. The van der Waals surface area contributed by atoms with Crippen molar-refractivity contribution < 1.29 is 18.3 Å². The fourth-order valence-electron chi connectivity index (χ4n) is 5.85. The normalized spacial score (nSPS) is 20.5. The van der Waals surface area contributed by atoms with Crippen molar-refractivity contribution in [3.8, 4) is 5.82 Å². The van der Waals surface area contributed by atoms with E-state index in [9.17, 15) is 18.3 Å². The SMILES string of the molecule is CC(=O)N1CCN(c2cccc3c2ccn3-c2ccnc(NC3CCC(N(CCO)S(C)(=O)=O)CC3)n2)CC1. The van der Waals surface area contributed by atoms with Gasteiger partial charge < -0.3 is 24.8 Å². The van der Waals surface area contributed by atoms with Gasteiger partial charge in [0.15, 0.2) is 0 Å². The molecule has 11 nitrogen and oxygen atoms in total.